The summed E-state index contributed by atoms with van der Waals surface area (Å²) in [6, 6.07) is 29.5. The number of aryl methyl sites for hydroxylation is 1. The number of benzene rings is 5. The van der Waals surface area contributed by atoms with E-state index < -0.39 is 102 Å². The third kappa shape index (κ3) is 16.3. The van der Waals surface area contributed by atoms with Gasteiger partial charge >= 0.3 is 0 Å². The highest BCUT2D eigenvalue weighted by Gasteiger charge is 2.46. The van der Waals surface area contributed by atoms with Crippen LogP contribution in [0.3, 0.4) is 0 Å². The SMILES string of the molecule is CCCCCOc1ccc(-c2ccc(-c3ccc(C(=O)NC4CCCNC(=O)C5CC(NCc6ccccc6)CN5C(=O)C([C@@H](C)O)NC(=O)C(CCc5ccc(O)cc5)NC(=O)C5C[C@@H](O)CN5C(=O)C([C@@H](C)O)NC4=O)cc3)cc2)cc1. The van der Waals surface area contributed by atoms with Gasteiger partial charge in [0.1, 0.15) is 47.8 Å². The van der Waals surface area contributed by atoms with E-state index in [1.54, 1.807) is 36.4 Å². The topological polar surface area (TPSA) is 288 Å². The molecule has 8 rings (SSSR count). The molecule has 10 N–H and O–H groups in total. The number of unbranched alkanes of at least 4 members (excludes halogenated alkanes) is 2. The Kier molecular flexibility index (Phi) is 21.6. The van der Waals surface area contributed by atoms with Gasteiger partial charge < -0.3 is 66.9 Å². The fourth-order valence-electron chi connectivity index (χ4n) is 10.9. The highest BCUT2D eigenvalue weighted by Crippen LogP contribution is 2.28. The Balaban J connectivity index is 1.04. The second kappa shape index (κ2) is 29.4. The molecule has 0 saturated carbocycles. The molecule has 5 aromatic carbocycles. The number of rotatable bonds is 17. The molecule has 0 bridgehead atoms. The monoisotopic (exact) mass is 1150 g/mol. The number of aliphatic hydroxyl groups excluding tert-OH is 3. The van der Waals surface area contributed by atoms with Gasteiger partial charge in [-0.05, 0) is 122 Å². The summed E-state index contributed by atoms with van der Waals surface area (Å²) in [6.07, 6.45) is -1.03. The summed E-state index contributed by atoms with van der Waals surface area (Å²) in [4.78, 5) is 103. The number of nitrogens with one attached hydrogen (secondary N) is 6. The summed E-state index contributed by atoms with van der Waals surface area (Å²) in [6.45, 7) is 5.44. The first-order valence-electron chi connectivity index (χ1n) is 29.1. The second-order valence-corrected chi connectivity index (χ2v) is 22.1. The zero-order chi connectivity index (χ0) is 59.9. The molecule has 7 unspecified atom stereocenters. The number of hydrogen-bond donors (Lipinski definition) is 10. The molecule has 0 aliphatic carbocycles. The van der Waals surface area contributed by atoms with Gasteiger partial charge in [-0.1, -0.05) is 111 Å². The highest BCUT2D eigenvalue weighted by atomic mass is 16.5. The Labute approximate surface area is 489 Å². The van der Waals surface area contributed by atoms with Crippen molar-refractivity contribution in [1.29, 1.82) is 0 Å². The largest absolute Gasteiger partial charge is 0.508 e. The van der Waals surface area contributed by atoms with Gasteiger partial charge in [0, 0.05) is 44.2 Å². The first-order chi connectivity index (χ1) is 40.5. The first kappa shape index (κ1) is 61.9. The number of nitrogens with zero attached hydrogens (tertiary/aromatic N) is 2. The maximum absolute atomic E-state index is 14.7. The average Bonchev–Trinajstić information content (AvgIpc) is 3.46. The zero-order valence-corrected chi connectivity index (χ0v) is 47.7. The predicted molar refractivity (Wildman–Crippen MR) is 315 cm³/mol. The maximum Gasteiger partial charge on any atom is 0.251 e. The molecule has 84 heavy (non-hydrogen) atoms. The predicted octanol–water partition coefficient (Wildman–Crippen LogP) is 3.87. The van der Waals surface area contributed by atoms with Crippen molar-refractivity contribution in [3.05, 3.63) is 144 Å². The summed E-state index contributed by atoms with van der Waals surface area (Å²) in [5.41, 5.74) is 5.62. The van der Waals surface area contributed by atoms with Crippen LogP contribution in [-0.4, -0.2) is 158 Å². The molecule has 20 heteroatoms. The van der Waals surface area contributed by atoms with E-state index in [-0.39, 0.29) is 69.5 Å². The van der Waals surface area contributed by atoms with Crippen molar-refractivity contribution in [3.8, 4) is 33.8 Å². The van der Waals surface area contributed by atoms with Crippen molar-refractivity contribution in [2.24, 2.45) is 0 Å². The minimum Gasteiger partial charge on any atom is -0.508 e. The summed E-state index contributed by atoms with van der Waals surface area (Å²) < 4.78 is 5.88. The van der Waals surface area contributed by atoms with Crippen LogP contribution >= 0.6 is 0 Å². The van der Waals surface area contributed by atoms with E-state index in [9.17, 15) is 54.0 Å². The molecule has 10 atom stereocenters. The van der Waals surface area contributed by atoms with Crippen LogP contribution < -0.4 is 36.6 Å². The van der Waals surface area contributed by atoms with E-state index in [0.29, 0.717) is 18.7 Å². The number of fused-ring (bicyclic) bond motifs is 2. The molecule has 7 amide bonds. The third-order valence-electron chi connectivity index (χ3n) is 15.7. The third-order valence-corrected chi connectivity index (χ3v) is 15.7. The fourth-order valence-corrected chi connectivity index (χ4v) is 10.9. The Morgan fingerprint density at radius 3 is 1.83 bits per heavy atom. The lowest BCUT2D eigenvalue weighted by atomic mass is 9.99. The molecule has 0 radical (unpaired) electrons. The van der Waals surface area contributed by atoms with E-state index in [0.717, 1.165) is 57.7 Å². The quantitative estimate of drug-likeness (QED) is 0.0593. The van der Waals surface area contributed by atoms with Gasteiger partial charge in [-0.3, -0.25) is 33.6 Å². The lowest BCUT2D eigenvalue weighted by Gasteiger charge is -2.32. The molecule has 5 aromatic rings. The molecule has 20 nitrogen and oxygen atoms in total. The van der Waals surface area contributed by atoms with Gasteiger partial charge in [0.2, 0.25) is 35.4 Å². The van der Waals surface area contributed by atoms with Crippen molar-refractivity contribution >= 4 is 41.4 Å². The molecule has 3 heterocycles. The van der Waals surface area contributed by atoms with Crippen molar-refractivity contribution < 1.29 is 58.7 Å². The summed E-state index contributed by atoms with van der Waals surface area (Å²) in [5, 5.41) is 60.3. The molecule has 0 spiro atoms. The number of aliphatic hydroxyl groups is 3. The zero-order valence-electron chi connectivity index (χ0n) is 47.7. The minimum atomic E-state index is -1.69. The van der Waals surface area contributed by atoms with Gasteiger partial charge in [-0.15, -0.1) is 0 Å². The Morgan fingerprint density at radius 1 is 0.655 bits per heavy atom. The number of carbonyl (C=O) groups is 7. The Morgan fingerprint density at radius 2 is 1.23 bits per heavy atom. The van der Waals surface area contributed by atoms with Crippen molar-refractivity contribution in [1.82, 2.24) is 41.7 Å². The molecular weight excluding hydrogens is 1070 g/mol. The smallest absolute Gasteiger partial charge is 0.251 e. The van der Waals surface area contributed by atoms with Crippen LogP contribution in [0.1, 0.15) is 93.6 Å². The number of aromatic hydroxyl groups is 1. The van der Waals surface area contributed by atoms with Crippen molar-refractivity contribution in [2.45, 2.75) is 146 Å². The number of phenols is 1. The van der Waals surface area contributed by atoms with E-state index in [1.165, 1.54) is 30.9 Å². The molecule has 446 valence electrons. The van der Waals surface area contributed by atoms with Crippen LogP contribution in [0.2, 0.25) is 0 Å². The van der Waals surface area contributed by atoms with E-state index in [1.807, 2.05) is 78.9 Å². The fraction of sp³-hybridized carbons (Fsp3) is 0.422. The van der Waals surface area contributed by atoms with E-state index in [2.05, 4.69) is 38.8 Å². The summed E-state index contributed by atoms with van der Waals surface area (Å²) >= 11 is 0. The maximum atomic E-state index is 14.7. The van der Waals surface area contributed by atoms with Gasteiger partial charge in [0.15, 0.2) is 0 Å². The standard InChI is InChI=1S/C64H78N8O12/c1-4-5-9-33-84-51-29-25-46(26-30-51)44-19-17-43(18-20-44)45-21-23-47(24-22-45)58(77)67-52-13-10-32-65-61(80)54-34-48(66-36-42-11-7-6-8-12-42)37-71(54)63(82)56(39(2)73)70-60(79)53(31-16-41-14-27-49(75)28-15-41)68-62(81)55-35-50(76)38-72(55)64(83)57(40(3)74)69-59(52)78/h6-8,11-12,14-15,17-30,39-40,48,50,52-57,66,73-76H,4-5,9-10,13,16,31-38H2,1-3H3,(H,65,80)(H,67,77)(H,68,81)(H,69,78)(H,70,79)/t39-,40-,48?,50-,52?,53?,54?,55?,56?,57?/m1/s1. The summed E-state index contributed by atoms with van der Waals surface area (Å²) in [7, 11) is 0. The summed E-state index contributed by atoms with van der Waals surface area (Å²) in [5.74, 6) is -4.64. The molecule has 3 fully saturated rings. The van der Waals surface area contributed by atoms with Crippen LogP contribution in [0.15, 0.2) is 127 Å². The van der Waals surface area contributed by atoms with Gasteiger partial charge in [0.25, 0.3) is 5.91 Å². The van der Waals surface area contributed by atoms with E-state index >= 15 is 0 Å². The van der Waals surface area contributed by atoms with Crippen LogP contribution in [-0.2, 0) is 41.7 Å². The average molecular weight is 1150 g/mol. The molecule has 3 aliphatic rings. The Hall–Kier alpha value is -8.17. The van der Waals surface area contributed by atoms with Crippen LogP contribution in [0.4, 0.5) is 0 Å². The lowest BCUT2D eigenvalue weighted by molar-refractivity contribution is -0.145. The molecule has 3 saturated heterocycles. The molecular formula is C64H78N8O12. The van der Waals surface area contributed by atoms with Crippen LogP contribution in [0.5, 0.6) is 11.5 Å². The van der Waals surface area contributed by atoms with Crippen molar-refractivity contribution in [2.75, 3.05) is 26.2 Å². The van der Waals surface area contributed by atoms with Gasteiger partial charge in [-0.25, -0.2) is 0 Å². The molecule has 3 aliphatic heterocycles. The van der Waals surface area contributed by atoms with Gasteiger partial charge in [0.05, 0.1) is 24.9 Å². The number of amides is 7. The Bertz CT molecular complexity index is 3040. The van der Waals surface area contributed by atoms with E-state index in [4.69, 9.17) is 4.74 Å². The second-order valence-electron chi connectivity index (χ2n) is 22.1. The number of ether oxygens (including phenoxy) is 1. The number of hydrogen-bond acceptors (Lipinski definition) is 13. The normalized spacial score (nSPS) is 23.6. The van der Waals surface area contributed by atoms with Crippen LogP contribution in [0.25, 0.3) is 22.3 Å². The van der Waals surface area contributed by atoms with Crippen molar-refractivity contribution in [3.63, 3.8) is 0 Å². The highest BCUT2D eigenvalue weighted by molar-refractivity contribution is 6.00. The van der Waals surface area contributed by atoms with Crippen LogP contribution in [0, 0.1) is 0 Å². The number of carbonyl (C=O) groups excluding carboxylic acids is 7. The minimum absolute atomic E-state index is 0.00576. The van der Waals surface area contributed by atoms with Gasteiger partial charge in [-0.2, -0.15) is 0 Å². The number of phenolic OH excluding ortho intramolecular Hbond substituents is 1. The molecule has 0 aromatic heterocycles. The lowest BCUT2D eigenvalue weighted by Crippen LogP contribution is -2.61. The first-order valence-corrected chi connectivity index (χ1v) is 29.1.